The summed E-state index contributed by atoms with van der Waals surface area (Å²) >= 11 is 3.71. The van der Waals surface area contributed by atoms with Gasteiger partial charge in [0.25, 0.3) is 0 Å². The highest BCUT2D eigenvalue weighted by atomic mass is 79.9. The second-order valence-corrected chi connectivity index (χ2v) is 11.6. The SMILES string of the molecule is CCc1cc(Br)cc(CC)c1-n1c(C)c(C)c2c(N3CCC(CC(N)=O)C(C)(C)C3)nc(C)nc21. The number of nitrogens with zero attached hydrogens (tertiary/aromatic N) is 4. The molecule has 188 valence electrons. The van der Waals surface area contributed by atoms with Crippen molar-refractivity contribution in [1.82, 2.24) is 14.5 Å². The molecule has 1 fully saturated rings. The van der Waals surface area contributed by atoms with Gasteiger partial charge in [-0.05, 0) is 80.2 Å². The number of carbonyl (C=O) groups is 1. The lowest BCUT2D eigenvalue weighted by Crippen LogP contribution is -2.47. The molecule has 35 heavy (non-hydrogen) atoms. The molecular formula is C28H38BrN5O. The minimum Gasteiger partial charge on any atom is -0.370 e. The predicted octanol–water partition coefficient (Wildman–Crippen LogP) is 5.96. The van der Waals surface area contributed by atoms with Gasteiger partial charge < -0.3 is 10.6 Å². The largest absolute Gasteiger partial charge is 0.370 e. The second-order valence-electron chi connectivity index (χ2n) is 10.7. The molecule has 7 heteroatoms. The van der Waals surface area contributed by atoms with E-state index in [0.29, 0.717) is 6.42 Å². The maximum Gasteiger partial charge on any atom is 0.217 e. The Kier molecular flexibility index (Phi) is 7.02. The normalized spacial score (nSPS) is 17.8. The summed E-state index contributed by atoms with van der Waals surface area (Å²) in [5, 5.41) is 1.13. The van der Waals surface area contributed by atoms with Crippen LogP contribution in [0.5, 0.6) is 0 Å². The third kappa shape index (κ3) is 4.59. The van der Waals surface area contributed by atoms with Crippen LogP contribution in [0.4, 0.5) is 5.82 Å². The lowest BCUT2D eigenvalue weighted by molar-refractivity contribution is -0.120. The number of amides is 1. The number of aryl methyl sites for hydroxylation is 4. The Morgan fingerprint density at radius 1 is 1.14 bits per heavy atom. The predicted molar refractivity (Wildman–Crippen MR) is 147 cm³/mol. The lowest BCUT2D eigenvalue weighted by Gasteiger charge is -2.44. The first-order valence-electron chi connectivity index (χ1n) is 12.7. The summed E-state index contributed by atoms with van der Waals surface area (Å²) in [6.45, 7) is 17.0. The average Bonchev–Trinajstić information content (AvgIpc) is 3.03. The molecule has 0 radical (unpaired) electrons. The van der Waals surface area contributed by atoms with Crippen LogP contribution < -0.4 is 10.6 Å². The fourth-order valence-electron chi connectivity index (χ4n) is 5.80. The zero-order valence-electron chi connectivity index (χ0n) is 22.1. The van der Waals surface area contributed by atoms with Crippen LogP contribution in [-0.2, 0) is 17.6 Å². The minimum atomic E-state index is -0.215. The number of aromatic nitrogens is 3. The van der Waals surface area contributed by atoms with E-state index in [1.54, 1.807) is 0 Å². The van der Waals surface area contributed by atoms with Gasteiger partial charge in [-0.15, -0.1) is 0 Å². The summed E-state index contributed by atoms with van der Waals surface area (Å²) in [5.41, 5.74) is 12.8. The zero-order valence-corrected chi connectivity index (χ0v) is 23.7. The van der Waals surface area contributed by atoms with Crippen molar-refractivity contribution in [3.8, 4) is 5.69 Å². The van der Waals surface area contributed by atoms with Crippen LogP contribution in [0.15, 0.2) is 16.6 Å². The molecule has 1 saturated heterocycles. The summed E-state index contributed by atoms with van der Waals surface area (Å²) in [4.78, 5) is 24.0. The molecule has 0 bridgehead atoms. The number of nitrogens with two attached hydrogens (primary N) is 1. The number of hydrogen-bond donors (Lipinski definition) is 1. The number of halogens is 1. The van der Waals surface area contributed by atoms with Gasteiger partial charge in [-0.2, -0.15) is 0 Å². The van der Waals surface area contributed by atoms with Gasteiger partial charge in [0.1, 0.15) is 11.6 Å². The van der Waals surface area contributed by atoms with Gasteiger partial charge in [-0.1, -0.05) is 43.6 Å². The van der Waals surface area contributed by atoms with Gasteiger partial charge >= 0.3 is 0 Å². The fourth-order valence-corrected chi connectivity index (χ4v) is 6.35. The first-order valence-corrected chi connectivity index (χ1v) is 13.5. The van der Waals surface area contributed by atoms with E-state index in [0.717, 1.165) is 59.5 Å². The zero-order chi connectivity index (χ0) is 25.7. The Morgan fingerprint density at radius 2 is 1.77 bits per heavy atom. The molecule has 4 rings (SSSR count). The fraction of sp³-hybridized carbons (Fsp3) is 0.536. The molecule has 0 saturated carbocycles. The molecule has 1 aromatic carbocycles. The van der Waals surface area contributed by atoms with Crippen LogP contribution in [-0.4, -0.2) is 33.5 Å². The van der Waals surface area contributed by atoms with E-state index in [2.05, 4.69) is 79.1 Å². The van der Waals surface area contributed by atoms with Crippen LogP contribution in [0, 0.1) is 32.1 Å². The summed E-state index contributed by atoms with van der Waals surface area (Å²) in [6.07, 6.45) is 3.25. The van der Waals surface area contributed by atoms with Gasteiger partial charge in [0, 0.05) is 29.7 Å². The summed E-state index contributed by atoms with van der Waals surface area (Å²) < 4.78 is 3.48. The lowest BCUT2D eigenvalue weighted by atomic mass is 9.72. The van der Waals surface area contributed by atoms with Gasteiger partial charge in [0.05, 0.1) is 11.1 Å². The Hall–Kier alpha value is -2.41. The number of piperidine rings is 1. The minimum absolute atomic E-state index is 0.0412. The topological polar surface area (TPSA) is 77.0 Å². The smallest absolute Gasteiger partial charge is 0.217 e. The number of rotatable bonds is 6. The number of carbonyl (C=O) groups excluding carboxylic acids is 1. The molecule has 1 aliphatic heterocycles. The van der Waals surface area contributed by atoms with Crippen molar-refractivity contribution in [1.29, 1.82) is 0 Å². The third-order valence-corrected chi connectivity index (χ3v) is 8.32. The van der Waals surface area contributed by atoms with Gasteiger partial charge in [0.15, 0.2) is 5.65 Å². The molecule has 3 heterocycles. The quantitative estimate of drug-likeness (QED) is 0.419. The van der Waals surface area contributed by atoms with E-state index in [9.17, 15) is 4.79 Å². The van der Waals surface area contributed by atoms with Crippen molar-refractivity contribution in [2.75, 3.05) is 18.0 Å². The molecule has 1 aliphatic rings. The molecule has 2 aromatic heterocycles. The van der Waals surface area contributed by atoms with Crippen LogP contribution in [0.2, 0.25) is 0 Å². The molecule has 0 spiro atoms. The Morgan fingerprint density at radius 3 is 2.31 bits per heavy atom. The van der Waals surface area contributed by atoms with E-state index in [1.807, 2.05) is 6.92 Å². The third-order valence-electron chi connectivity index (χ3n) is 7.86. The number of hydrogen-bond acceptors (Lipinski definition) is 4. The number of primary amides is 1. The standard InChI is InChI=1S/C28H38BrN5O/c1-8-19-12-22(29)13-20(9-2)25(19)34-17(4)16(3)24-26(31-18(5)32-27(24)34)33-11-10-21(14-23(30)35)28(6,7)15-33/h12-13,21H,8-11,14-15H2,1-7H3,(H2,30,35). The molecule has 1 amide bonds. The van der Waals surface area contributed by atoms with Crippen molar-refractivity contribution in [3.05, 3.63) is 44.8 Å². The molecular weight excluding hydrogens is 502 g/mol. The van der Waals surface area contributed by atoms with Gasteiger partial charge in [-0.3, -0.25) is 9.36 Å². The maximum atomic E-state index is 11.7. The Balaban J connectivity index is 1.91. The van der Waals surface area contributed by atoms with Crippen molar-refractivity contribution in [2.45, 2.75) is 74.1 Å². The van der Waals surface area contributed by atoms with Crippen LogP contribution in [0.1, 0.15) is 68.7 Å². The van der Waals surface area contributed by atoms with E-state index in [-0.39, 0.29) is 17.2 Å². The Labute approximate surface area is 217 Å². The van der Waals surface area contributed by atoms with E-state index < -0.39 is 0 Å². The van der Waals surface area contributed by atoms with E-state index >= 15 is 0 Å². The van der Waals surface area contributed by atoms with Crippen molar-refractivity contribution in [2.24, 2.45) is 17.1 Å². The van der Waals surface area contributed by atoms with Crippen molar-refractivity contribution in [3.63, 3.8) is 0 Å². The van der Waals surface area contributed by atoms with Crippen LogP contribution >= 0.6 is 15.9 Å². The first kappa shape index (κ1) is 25.7. The first-order chi connectivity index (χ1) is 16.5. The van der Waals surface area contributed by atoms with E-state index in [4.69, 9.17) is 15.7 Å². The molecule has 0 aliphatic carbocycles. The average molecular weight is 541 g/mol. The highest BCUT2D eigenvalue weighted by molar-refractivity contribution is 9.10. The number of fused-ring (bicyclic) bond motifs is 1. The maximum absolute atomic E-state index is 11.7. The molecule has 1 unspecified atom stereocenters. The van der Waals surface area contributed by atoms with Crippen LogP contribution in [0.25, 0.3) is 16.7 Å². The summed E-state index contributed by atoms with van der Waals surface area (Å²) in [7, 11) is 0. The highest BCUT2D eigenvalue weighted by Crippen LogP contribution is 2.42. The van der Waals surface area contributed by atoms with Crippen LogP contribution in [0.3, 0.4) is 0 Å². The molecule has 2 N–H and O–H groups in total. The summed E-state index contributed by atoms with van der Waals surface area (Å²) in [6, 6.07) is 4.46. The van der Waals surface area contributed by atoms with Gasteiger partial charge in [-0.25, -0.2) is 9.97 Å². The summed E-state index contributed by atoms with van der Waals surface area (Å²) in [5.74, 6) is 1.85. The van der Waals surface area contributed by atoms with E-state index in [1.165, 1.54) is 28.1 Å². The van der Waals surface area contributed by atoms with Crippen molar-refractivity contribution < 1.29 is 4.79 Å². The molecule has 6 nitrogen and oxygen atoms in total. The number of benzene rings is 1. The van der Waals surface area contributed by atoms with Gasteiger partial charge in [0.2, 0.25) is 5.91 Å². The van der Waals surface area contributed by atoms with Crippen molar-refractivity contribution >= 4 is 38.7 Å². The number of anilines is 1. The monoisotopic (exact) mass is 539 g/mol. The highest BCUT2D eigenvalue weighted by Gasteiger charge is 2.38. The Bertz CT molecular complexity index is 1270. The molecule has 1 atom stereocenters. The molecule has 3 aromatic rings. The second kappa shape index (κ2) is 9.57.